The van der Waals surface area contributed by atoms with Gasteiger partial charge in [-0.3, -0.25) is 4.79 Å². The summed E-state index contributed by atoms with van der Waals surface area (Å²) in [6, 6.07) is 13.6. The van der Waals surface area contributed by atoms with Gasteiger partial charge < -0.3 is 40.1 Å². The summed E-state index contributed by atoms with van der Waals surface area (Å²) in [6.45, 7) is 2.96. The average Bonchev–Trinajstić information content (AvgIpc) is 3.39. The van der Waals surface area contributed by atoms with Crippen LogP contribution in [0.4, 0.5) is 5.69 Å². The number of aliphatic hydroxyl groups excluding tert-OH is 3. The number of aliphatic carboxylic acids is 1. The highest BCUT2D eigenvalue weighted by atomic mass is 35.5. The van der Waals surface area contributed by atoms with E-state index >= 15 is 0 Å². The van der Waals surface area contributed by atoms with Crippen molar-refractivity contribution in [3.63, 3.8) is 0 Å². The zero-order chi connectivity index (χ0) is 30.8. The van der Waals surface area contributed by atoms with E-state index in [-0.39, 0.29) is 17.5 Å². The van der Waals surface area contributed by atoms with E-state index in [0.29, 0.717) is 34.4 Å². The van der Waals surface area contributed by atoms with Crippen LogP contribution in [0.25, 0.3) is 10.6 Å². The number of hydrogen-bond acceptors (Lipinski definition) is 11. The molecule has 0 saturated carbocycles. The first kappa shape index (κ1) is 30.9. The number of carboxylic acids is 1. The lowest BCUT2D eigenvalue weighted by atomic mass is 9.99. The Morgan fingerprint density at radius 1 is 1.09 bits per heavy atom. The van der Waals surface area contributed by atoms with E-state index < -0.39 is 42.6 Å². The van der Waals surface area contributed by atoms with Crippen LogP contribution < -0.4 is 10.2 Å². The summed E-state index contributed by atoms with van der Waals surface area (Å²) in [6.07, 6.45) is -7.78. The number of esters is 1. The Labute approximate surface area is 255 Å². The Morgan fingerprint density at radius 2 is 1.84 bits per heavy atom. The number of thiazole rings is 1. The Kier molecular flexibility index (Phi) is 9.30. The zero-order valence-electron chi connectivity index (χ0n) is 22.9. The molecule has 228 valence electrons. The first-order chi connectivity index (χ1) is 20.5. The molecular formula is C29H30ClN3O9S. The quantitative estimate of drug-likeness (QED) is 0.241. The predicted octanol–water partition coefficient (Wildman–Crippen LogP) is 2.22. The second-order valence-corrected chi connectivity index (χ2v) is 11.8. The first-order valence-electron chi connectivity index (χ1n) is 13.5. The molecule has 2 fully saturated rings. The van der Waals surface area contributed by atoms with Crippen molar-refractivity contribution in [1.82, 2.24) is 10.3 Å². The van der Waals surface area contributed by atoms with Gasteiger partial charge in [0.25, 0.3) is 5.91 Å². The highest BCUT2D eigenvalue weighted by Crippen LogP contribution is 2.30. The molecule has 2 aliphatic heterocycles. The summed E-state index contributed by atoms with van der Waals surface area (Å²) >= 11 is 7.30. The van der Waals surface area contributed by atoms with E-state index in [9.17, 15) is 34.8 Å². The van der Waals surface area contributed by atoms with E-state index in [2.05, 4.69) is 10.3 Å². The van der Waals surface area contributed by atoms with Gasteiger partial charge in [-0.25, -0.2) is 14.6 Å². The molecule has 0 bridgehead atoms. The van der Waals surface area contributed by atoms with Crippen molar-refractivity contribution in [2.24, 2.45) is 0 Å². The van der Waals surface area contributed by atoms with Crippen LogP contribution in [-0.4, -0.2) is 93.1 Å². The van der Waals surface area contributed by atoms with Crippen molar-refractivity contribution in [2.45, 2.75) is 56.5 Å². The van der Waals surface area contributed by atoms with Crippen molar-refractivity contribution >= 4 is 46.5 Å². The number of aliphatic hydroxyl groups is 3. The highest BCUT2D eigenvalue weighted by Gasteiger charge is 2.48. The number of rotatable bonds is 7. The van der Waals surface area contributed by atoms with Crippen LogP contribution in [0.15, 0.2) is 48.5 Å². The lowest BCUT2D eigenvalue weighted by Crippen LogP contribution is -2.60. The van der Waals surface area contributed by atoms with Gasteiger partial charge >= 0.3 is 11.9 Å². The molecular weight excluding hydrogens is 602 g/mol. The summed E-state index contributed by atoms with van der Waals surface area (Å²) in [5.41, 5.74) is 2.30. The number of nitrogens with one attached hydrogen (secondary N) is 1. The van der Waals surface area contributed by atoms with E-state index in [1.165, 1.54) is 17.4 Å². The highest BCUT2D eigenvalue weighted by molar-refractivity contribution is 7.17. The number of aromatic nitrogens is 1. The van der Waals surface area contributed by atoms with Gasteiger partial charge in [-0.15, -0.1) is 11.3 Å². The number of aryl methyl sites for hydroxylation is 1. The van der Waals surface area contributed by atoms with Gasteiger partial charge in [-0.05, 0) is 50.1 Å². The number of benzene rings is 2. The fourth-order valence-electron chi connectivity index (χ4n) is 5.06. The number of hydrogen-bond donors (Lipinski definition) is 5. The van der Waals surface area contributed by atoms with Crippen LogP contribution in [-0.2, 0) is 14.3 Å². The minimum absolute atomic E-state index is 0.0990. The molecule has 1 amide bonds. The molecule has 0 aliphatic carbocycles. The molecule has 2 aromatic carbocycles. The number of piperidine rings is 1. The molecule has 6 atom stereocenters. The summed E-state index contributed by atoms with van der Waals surface area (Å²) < 4.78 is 10.2. The third kappa shape index (κ3) is 6.82. The fraction of sp³-hybridized carbons (Fsp3) is 0.379. The average molecular weight is 632 g/mol. The maximum atomic E-state index is 13.2. The third-order valence-electron chi connectivity index (χ3n) is 7.33. The predicted molar refractivity (Wildman–Crippen MR) is 156 cm³/mol. The van der Waals surface area contributed by atoms with Crippen LogP contribution in [0.3, 0.4) is 0 Å². The number of amides is 1. The van der Waals surface area contributed by atoms with Gasteiger partial charge in [-0.2, -0.15) is 0 Å². The molecule has 3 heterocycles. The smallest absolute Gasteiger partial charge is 0.340 e. The summed E-state index contributed by atoms with van der Waals surface area (Å²) in [4.78, 5) is 44.5. The monoisotopic (exact) mass is 631 g/mol. The van der Waals surface area contributed by atoms with Gasteiger partial charge in [0.15, 0.2) is 6.10 Å². The lowest BCUT2D eigenvalue weighted by molar-refractivity contribution is -0.278. The molecule has 5 N–H and O–H groups in total. The number of anilines is 1. The Hall–Kier alpha value is -3.59. The second-order valence-electron chi connectivity index (χ2n) is 10.4. The molecule has 1 aromatic heterocycles. The van der Waals surface area contributed by atoms with Crippen molar-refractivity contribution < 1.29 is 44.3 Å². The molecule has 0 radical (unpaired) electrons. The number of carbonyl (C=O) groups excluding carboxylic acids is 2. The van der Waals surface area contributed by atoms with Crippen molar-refractivity contribution in [2.75, 3.05) is 18.0 Å². The Morgan fingerprint density at radius 3 is 2.56 bits per heavy atom. The topological polar surface area (TPSA) is 179 Å². The van der Waals surface area contributed by atoms with E-state index in [1.807, 2.05) is 17.0 Å². The normalized spacial score (nSPS) is 25.7. The van der Waals surface area contributed by atoms with Gasteiger partial charge in [0.1, 0.15) is 28.2 Å². The van der Waals surface area contributed by atoms with E-state index in [1.54, 1.807) is 37.3 Å². The summed E-state index contributed by atoms with van der Waals surface area (Å²) in [5.74, 6) is -2.71. The number of nitrogens with zero attached hydrogens (tertiary/aromatic N) is 2. The Bertz CT molecular complexity index is 1500. The van der Waals surface area contributed by atoms with Crippen LogP contribution in [0.2, 0.25) is 5.02 Å². The Balaban J connectivity index is 1.23. The maximum absolute atomic E-state index is 13.2. The molecule has 3 aromatic rings. The van der Waals surface area contributed by atoms with Crippen molar-refractivity contribution in [1.29, 1.82) is 0 Å². The van der Waals surface area contributed by atoms with Crippen molar-refractivity contribution in [3.05, 3.63) is 69.7 Å². The number of carbonyl (C=O) groups is 3. The van der Waals surface area contributed by atoms with Crippen LogP contribution >= 0.6 is 22.9 Å². The first-order valence-corrected chi connectivity index (χ1v) is 14.7. The molecule has 0 unspecified atom stereocenters. The van der Waals surface area contributed by atoms with Gasteiger partial charge in [-0.1, -0.05) is 29.8 Å². The number of ether oxygens (including phenoxy) is 2. The second kappa shape index (κ2) is 13.0. The zero-order valence-corrected chi connectivity index (χ0v) is 24.5. The summed E-state index contributed by atoms with van der Waals surface area (Å²) in [5, 5.41) is 43.7. The molecule has 2 saturated heterocycles. The van der Waals surface area contributed by atoms with Gasteiger partial charge in [0.05, 0.1) is 11.3 Å². The van der Waals surface area contributed by atoms with Crippen LogP contribution in [0, 0.1) is 6.92 Å². The lowest BCUT2D eigenvalue weighted by Gasteiger charge is -2.38. The van der Waals surface area contributed by atoms with Crippen molar-refractivity contribution in [3.8, 4) is 10.6 Å². The van der Waals surface area contributed by atoms with Gasteiger partial charge in [0, 0.05) is 35.4 Å². The summed E-state index contributed by atoms with van der Waals surface area (Å²) in [7, 11) is 0. The standard InChI is InChI=1S/C29H30ClN3O9S/c1-14-24(43-26(31-14)15-7-9-17(30)10-8-15)25(37)32-18-5-3-11-33(13-18)19-6-2-4-16(12-19)28(40)42-29-22(36)20(34)21(35)23(41-29)27(38)39/h2,4,6-10,12,18,20-23,29,34-36H,3,5,11,13H2,1H3,(H,32,37)(H,38,39)/t18-,20-,21-,22+,23-,29-/m0/s1. The molecule has 12 nitrogen and oxygen atoms in total. The molecule has 5 rings (SSSR count). The van der Waals surface area contributed by atoms with Crippen LogP contribution in [0.1, 0.15) is 38.6 Å². The van der Waals surface area contributed by atoms with Gasteiger partial charge in [0.2, 0.25) is 6.29 Å². The molecule has 0 spiro atoms. The minimum Gasteiger partial charge on any atom is -0.479 e. The molecule has 14 heteroatoms. The SMILES string of the molecule is Cc1nc(-c2ccc(Cl)cc2)sc1C(=O)N[C@H]1CCCN(c2cccc(C(=O)O[C@@H]3O[C@H](C(=O)O)[C@@H](O)[C@H](O)[C@H]3O)c2)C1. The minimum atomic E-state index is -1.90. The number of halogens is 1. The molecule has 43 heavy (non-hydrogen) atoms. The largest absolute Gasteiger partial charge is 0.479 e. The third-order valence-corrected chi connectivity index (χ3v) is 8.79. The van der Waals surface area contributed by atoms with E-state index in [0.717, 1.165) is 23.4 Å². The molecule has 2 aliphatic rings. The maximum Gasteiger partial charge on any atom is 0.340 e. The number of carboxylic acid groups (broad SMARTS) is 1. The van der Waals surface area contributed by atoms with Crippen LogP contribution in [0.5, 0.6) is 0 Å². The fourth-order valence-corrected chi connectivity index (χ4v) is 6.16. The van der Waals surface area contributed by atoms with E-state index in [4.69, 9.17) is 21.1 Å².